The summed E-state index contributed by atoms with van der Waals surface area (Å²) in [6, 6.07) is 5.52. The smallest absolute Gasteiger partial charge is 0.249 e. The average Bonchev–Trinajstić information content (AvgIpc) is 3.42. The molecule has 2 aliphatic rings. The number of rotatable bonds is 4. The summed E-state index contributed by atoms with van der Waals surface area (Å²) >= 11 is 0. The van der Waals surface area contributed by atoms with Crippen LogP contribution in [0.4, 0.5) is 4.39 Å². The van der Waals surface area contributed by atoms with Gasteiger partial charge in [0.2, 0.25) is 5.91 Å². The molecule has 0 N–H and O–H groups in total. The van der Waals surface area contributed by atoms with Crippen molar-refractivity contribution >= 4 is 11.6 Å². The molecule has 0 spiro atoms. The lowest BCUT2D eigenvalue weighted by molar-refractivity contribution is -0.183. The van der Waals surface area contributed by atoms with E-state index >= 15 is 0 Å². The highest BCUT2D eigenvalue weighted by molar-refractivity contribution is 5.78. The number of nitrogens with zero attached hydrogens (tertiary/aromatic N) is 5. The summed E-state index contributed by atoms with van der Waals surface area (Å²) in [6.45, 7) is 4.33. The molecule has 2 fully saturated rings. The molecule has 0 radical (unpaired) electrons. The van der Waals surface area contributed by atoms with Crippen LogP contribution in [-0.2, 0) is 16.1 Å². The van der Waals surface area contributed by atoms with Gasteiger partial charge in [-0.3, -0.25) is 19.0 Å². The number of aryl methyl sites for hydroxylation is 2. The Hall–Kier alpha value is -2.87. The minimum absolute atomic E-state index is 0.0235. The second-order valence-corrected chi connectivity index (χ2v) is 9.09. The summed E-state index contributed by atoms with van der Waals surface area (Å²) in [6.07, 6.45) is 8.93. The van der Waals surface area contributed by atoms with Gasteiger partial charge < -0.3 is 0 Å². The van der Waals surface area contributed by atoms with E-state index in [0.29, 0.717) is 18.3 Å². The zero-order valence-electron chi connectivity index (χ0n) is 18.5. The van der Waals surface area contributed by atoms with Crippen LogP contribution in [0.15, 0.2) is 30.6 Å². The van der Waals surface area contributed by atoms with Crippen molar-refractivity contribution in [2.24, 2.45) is 11.8 Å². The Labute approximate surface area is 186 Å². The standard InChI is InChI=1S/C24H28FN5O2/c1-15-3-6-20(13-26-15)22-9-10-32-30(22)24(31)19-7-4-17(5-8-19)11-18-12-21(25)23-28-27-16(2)29(23)14-18/h3,6,12-14,17,19,22H,4-5,7-11H2,1-2H3/t17-,19-,22-/m0/s1. The number of carbonyl (C=O) groups is 1. The van der Waals surface area contributed by atoms with Crippen LogP contribution in [0.3, 0.4) is 0 Å². The van der Waals surface area contributed by atoms with E-state index in [1.165, 1.54) is 0 Å². The first kappa shape index (κ1) is 21.0. The normalized spacial score (nSPS) is 23.7. The van der Waals surface area contributed by atoms with Gasteiger partial charge in [-0.1, -0.05) is 6.07 Å². The first-order valence-electron chi connectivity index (χ1n) is 11.4. The lowest BCUT2D eigenvalue weighted by Crippen LogP contribution is -2.36. The molecular weight excluding hydrogens is 409 g/mol. The third-order valence-corrected chi connectivity index (χ3v) is 6.85. The molecule has 168 valence electrons. The first-order chi connectivity index (χ1) is 15.5. The van der Waals surface area contributed by atoms with Crippen molar-refractivity contribution in [2.75, 3.05) is 6.61 Å². The molecule has 1 saturated carbocycles. The van der Waals surface area contributed by atoms with Crippen molar-refractivity contribution in [3.05, 3.63) is 59.1 Å². The van der Waals surface area contributed by atoms with Gasteiger partial charge in [0.05, 0.1) is 12.6 Å². The molecule has 0 bridgehead atoms. The minimum Gasteiger partial charge on any atom is -0.284 e. The molecule has 1 aliphatic carbocycles. The van der Waals surface area contributed by atoms with Crippen molar-refractivity contribution in [3.63, 3.8) is 0 Å². The molecule has 0 unspecified atom stereocenters. The number of hydrogen-bond donors (Lipinski definition) is 0. The highest BCUT2D eigenvalue weighted by Crippen LogP contribution is 2.37. The van der Waals surface area contributed by atoms with Gasteiger partial charge in [0.1, 0.15) is 5.82 Å². The monoisotopic (exact) mass is 437 g/mol. The van der Waals surface area contributed by atoms with Gasteiger partial charge in [0.25, 0.3) is 0 Å². The summed E-state index contributed by atoms with van der Waals surface area (Å²) in [7, 11) is 0. The van der Waals surface area contributed by atoms with Gasteiger partial charge in [-0.05, 0) is 75.1 Å². The molecular formula is C24H28FN5O2. The molecule has 7 nitrogen and oxygen atoms in total. The molecule has 1 saturated heterocycles. The number of hydrogen-bond acceptors (Lipinski definition) is 5. The number of aromatic nitrogens is 4. The van der Waals surface area contributed by atoms with Crippen molar-refractivity contribution < 1.29 is 14.0 Å². The SMILES string of the molecule is Cc1ccc([C@@H]2CCON2C(=O)[C@H]2CC[C@H](Cc3cc(F)c4nnc(C)n4c3)CC2)cn1. The van der Waals surface area contributed by atoms with E-state index in [2.05, 4.69) is 15.2 Å². The highest BCUT2D eigenvalue weighted by atomic mass is 19.1. The van der Waals surface area contributed by atoms with Gasteiger partial charge in [0, 0.05) is 30.4 Å². The van der Waals surface area contributed by atoms with Crippen LogP contribution in [-0.4, -0.2) is 37.2 Å². The maximum atomic E-state index is 14.4. The summed E-state index contributed by atoms with van der Waals surface area (Å²) in [5.74, 6) is 0.835. The molecule has 5 rings (SSSR count). The number of fused-ring (bicyclic) bond motifs is 1. The van der Waals surface area contributed by atoms with Crippen LogP contribution >= 0.6 is 0 Å². The second-order valence-electron chi connectivity index (χ2n) is 9.09. The number of pyridine rings is 2. The van der Waals surface area contributed by atoms with Crippen LogP contribution in [0.2, 0.25) is 0 Å². The second kappa shape index (κ2) is 8.58. The van der Waals surface area contributed by atoms with Crippen LogP contribution < -0.4 is 0 Å². The van der Waals surface area contributed by atoms with Gasteiger partial charge in [-0.15, -0.1) is 10.2 Å². The topological polar surface area (TPSA) is 72.6 Å². The molecule has 1 amide bonds. The highest BCUT2D eigenvalue weighted by Gasteiger charge is 2.37. The van der Waals surface area contributed by atoms with Crippen molar-refractivity contribution in [1.82, 2.24) is 24.6 Å². The van der Waals surface area contributed by atoms with Gasteiger partial charge >= 0.3 is 0 Å². The number of hydroxylamine groups is 2. The number of halogens is 1. The maximum Gasteiger partial charge on any atom is 0.249 e. The fraction of sp³-hybridized carbons (Fsp3) is 0.500. The fourth-order valence-electron chi connectivity index (χ4n) is 5.02. The fourth-order valence-corrected chi connectivity index (χ4v) is 5.02. The number of amides is 1. The first-order valence-corrected chi connectivity index (χ1v) is 11.4. The molecule has 32 heavy (non-hydrogen) atoms. The quantitative estimate of drug-likeness (QED) is 0.614. The zero-order valence-corrected chi connectivity index (χ0v) is 18.5. The minimum atomic E-state index is -0.338. The van der Waals surface area contributed by atoms with Crippen LogP contribution in [0.25, 0.3) is 5.65 Å². The summed E-state index contributed by atoms with van der Waals surface area (Å²) in [4.78, 5) is 23.4. The Bertz CT molecular complexity index is 1120. The predicted octanol–water partition coefficient (Wildman–Crippen LogP) is 4.13. The van der Waals surface area contributed by atoms with Crippen molar-refractivity contribution in [2.45, 2.75) is 58.4 Å². The Balaban J connectivity index is 1.21. The molecule has 4 heterocycles. The van der Waals surface area contributed by atoms with Gasteiger partial charge in [-0.25, -0.2) is 9.45 Å². The van der Waals surface area contributed by atoms with E-state index in [0.717, 1.165) is 55.3 Å². The van der Waals surface area contributed by atoms with Crippen molar-refractivity contribution in [3.8, 4) is 0 Å². The van der Waals surface area contributed by atoms with Gasteiger partial charge in [-0.2, -0.15) is 0 Å². The third-order valence-electron chi connectivity index (χ3n) is 6.85. The van der Waals surface area contributed by atoms with E-state index in [1.807, 2.05) is 38.4 Å². The predicted molar refractivity (Wildman–Crippen MR) is 116 cm³/mol. The van der Waals surface area contributed by atoms with Crippen LogP contribution in [0, 0.1) is 31.5 Å². The van der Waals surface area contributed by atoms with Crippen LogP contribution in [0.5, 0.6) is 0 Å². The Morgan fingerprint density at radius 3 is 2.72 bits per heavy atom. The summed E-state index contributed by atoms with van der Waals surface area (Å²) < 4.78 is 16.1. The molecule has 0 aromatic carbocycles. The average molecular weight is 438 g/mol. The largest absolute Gasteiger partial charge is 0.284 e. The molecule has 8 heteroatoms. The molecule has 1 aliphatic heterocycles. The van der Waals surface area contributed by atoms with E-state index in [-0.39, 0.29) is 29.3 Å². The summed E-state index contributed by atoms with van der Waals surface area (Å²) in [5, 5.41) is 9.44. The molecule has 3 aromatic heterocycles. The molecule has 1 atom stereocenters. The lowest BCUT2D eigenvalue weighted by Gasteiger charge is -2.32. The number of carbonyl (C=O) groups excluding carboxylic acids is 1. The van der Waals surface area contributed by atoms with E-state index in [1.54, 1.807) is 15.5 Å². The van der Waals surface area contributed by atoms with E-state index in [9.17, 15) is 9.18 Å². The zero-order chi connectivity index (χ0) is 22.2. The Morgan fingerprint density at radius 2 is 1.97 bits per heavy atom. The van der Waals surface area contributed by atoms with E-state index in [4.69, 9.17) is 4.84 Å². The maximum absolute atomic E-state index is 14.4. The van der Waals surface area contributed by atoms with Crippen LogP contribution in [0.1, 0.15) is 60.8 Å². The lowest BCUT2D eigenvalue weighted by atomic mass is 9.79. The Kier molecular flexibility index (Phi) is 5.63. The van der Waals surface area contributed by atoms with Crippen molar-refractivity contribution in [1.29, 1.82) is 0 Å². The summed E-state index contributed by atoms with van der Waals surface area (Å²) in [5.41, 5.74) is 3.20. The Morgan fingerprint density at radius 1 is 1.16 bits per heavy atom. The molecule has 3 aromatic rings. The van der Waals surface area contributed by atoms with E-state index < -0.39 is 0 Å². The van der Waals surface area contributed by atoms with Gasteiger partial charge in [0.15, 0.2) is 11.5 Å². The third kappa shape index (κ3) is 3.99.